The first-order chi connectivity index (χ1) is 14.2. The van der Waals surface area contributed by atoms with Crippen LogP contribution in [-0.2, 0) is 6.42 Å². The van der Waals surface area contributed by atoms with Crippen LogP contribution in [0.4, 0.5) is 0 Å². The van der Waals surface area contributed by atoms with Crippen molar-refractivity contribution in [3.63, 3.8) is 0 Å². The van der Waals surface area contributed by atoms with Gasteiger partial charge < -0.3 is 4.90 Å². The van der Waals surface area contributed by atoms with E-state index in [4.69, 9.17) is 0 Å². The monoisotopic (exact) mass is 383 g/mol. The number of hydrogen-bond donors (Lipinski definition) is 0. The highest BCUT2D eigenvalue weighted by Crippen LogP contribution is 2.43. The highest BCUT2D eigenvalue weighted by molar-refractivity contribution is 5.52. The lowest BCUT2D eigenvalue weighted by Gasteiger charge is -2.33. The summed E-state index contributed by atoms with van der Waals surface area (Å²) >= 11 is 0. The summed E-state index contributed by atoms with van der Waals surface area (Å²) in [6.45, 7) is 11.4. The molecule has 2 aliphatic rings. The second-order valence-corrected chi connectivity index (χ2v) is 8.58. The van der Waals surface area contributed by atoms with E-state index >= 15 is 0 Å². The maximum atomic E-state index is 4.53. The second kappa shape index (κ2) is 9.31. The standard InChI is InChI=1S/C28H33N/c1-22-20-26(25-15-7-4-8-16-25)21-23(2)28(22)27(29-18-9-10-19-29)17-11-14-24-12-5-3-6-13-24/h3-8,12-13,15-16,26H,1-2,9-11,14,17-21H2. The smallest absolute Gasteiger partial charge is 0.0211 e. The van der Waals surface area contributed by atoms with Crippen LogP contribution in [0.5, 0.6) is 0 Å². The van der Waals surface area contributed by atoms with Crippen LogP contribution in [0, 0.1) is 0 Å². The van der Waals surface area contributed by atoms with Crippen LogP contribution in [-0.4, -0.2) is 18.0 Å². The van der Waals surface area contributed by atoms with Crippen molar-refractivity contribution in [1.29, 1.82) is 0 Å². The third-order valence-electron chi connectivity index (χ3n) is 6.46. The molecular formula is C28H33N. The van der Waals surface area contributed by atoms with E-state index in [1.165, 1.54) is 65.9 Å². The molecule has 0 bridgehead atoms. The van der Waals surface area contributed by atoms with Crippen LogP contribution in [0.15, 0.2) is 96.2 Å². The average molecular weight is 384 g/mol. The zero-order valence-corrected chi connectivity index (χ0v) is 17.6. The van der Waals surface area contributed by atoms with Gasteiger partial charge in [-0.25, -0.2) is 0 Å². The number of rotatable bonds is 6. The first-order valence-corrected chi connectivity index (χ1v) is 11.2. The Labute approximate surface area is 176 Å². The van der Waals surface area contributed by atoms with Crippen LogP contribution >= 0.6 is 0 Å². The summed E-state index contributed by atoms with van der Waals surface area (Å²) in [6.07, 6.45) is 8.16. The Morgan fingerprint density at radius 2 is 1.41 bits per heavy atom. The predicted octanol–water partition coefficient (Wildman–Crippen LogP) is 7.05. The Balaban J connectivity index is 1.53. The van der Waals surface area contributed by atoms with E-state index in [1.807, 2.05) is 0 Å². The fourth-order valence-electron chi connectivity index (χ4n) is 5.02. The lowest BCUT2D eigenvalue weighted by Crippen LogP contribution is -2.23. The van der Waals surface area contributed by atoms with Gasteiger partial charge in [0.15, 0.2) is 0 Å². The Kier molecular flexibility index (Phi) is 6.34. The maximum absolute atomic E-state index is 4.53. The quantitative estimate of drug-likeness (QED) is 0.516. The number of aryl methyl sites for hydroxylation is 1. The molecule has 0 atom stereocenters. The van der Waals surface area contributed by atoms with Crippen molar-refractivity contribution < 1.29 is 0 Å². The molecule has 2 aromatic carbocycles. The molecule has 1 heterocycles. The zero-order chi connectivity index (χ0) is 20.1. The first kappa shape index (κ1) is 19.8. The lowest BCUT2D eigenvalue weighted by molar-refractivity contribution is 0.399. The van der Waals surface area contributed by atoms with E-state index in [1.54, 1.807) is 0 Å². The topological polar surface area (TPSA) is 3.24 Å². The van der Waals surface area contributed by atoms with E-state index in [9.17, 15) is 0 Å². The van der Waals surface area contributed by atoms with Gasteiger partial charge >= 0.3 is 0 Å². The van der Waals surface area contributed by atoms with Gasteiger partial charge in [-0.2, -0.15) is 0 Å². The lowest BCUT2D eigenvalue weighted by atomic mass is 9.75. The van der Waals surface area contributed by atoms with Crippen molar-refractivity contribution in [1.82, 2.24) is 4.90 Å². The van der Waals surface area contributed by atoms with Crippen molar-refractivity contribution in [2.45, 2.75) is 50.9 Å². The van der Waals surface area contributed by atoms with E-state index in [-0.39, 0.29) is 0 Å². The molecule has 0 spiro atoms. The van der Waals surface area contributed by atoms with Gasteiger partial charge in [-0.3, -0.25) is 0 Å². The van der Waals surface area contributed by atoms with Gasteiger partial charge in [0.25, 0.3) is 0 Å². The van der Waals surface area contributed by atoms with Crippen LogP contribution in [0.3, 0.4) is 0 Å². The minimum absolute atomic E-state index is 0.518. The van der Waals surface area contributed by atoms with Crippen LogP contribution in [0.25, 0.3) is 0 Å². The Bertz CT molecular complexity index is 849. The van der Waals surface area contributed by atoms with Gasteiger partial charge in [-0.05, 0) is 78.7 Å². The van der Waals surface area contributed by atoms with Crippen molar-refractivity contribution in [2.75, 3.05) is 13.1 Å². The van der Waals surface area contributed by atoms with E-state index in [0.29, 0.717) is 5.92 Å². The fraction of sp³-hybridized carbons (Fsp3) is 0.357. The molecule has 0 radical (unpaired) electrons. The summed E-state index contributed by atoms with van der Waals surface area (Å²) in [7, 11) is 0. The SMILES string of the molecule is C=C1CC(c2ccccc2)CC(=C)C1=C(CCCc1ccccc1)N1CCCC1. The molecule has 1 saturated carbocycles. The van der Waals surface area contributed by atoms with Crippen molar-refractivity contribution in [2.24, 2.45) is 0 Å². The number of benzene rings is 2. The molecule has 0 amide bonds. The van der Waals surface area contributed by atoms with Crippen LogP contribution in [0.2, 0.25) is 0 Å². The highest BCUT2D eigenvalue weighted by Gasteiger charge is 2.28. The van der Waals surface area contributed by atoms with E-state index < -0.39 is 0 Å². The summed E-state index contributed by atoms with van der Waals surface area (Å²) < 4.78 is 0. The number of nitrogens with zero attached hydrogens (tertiary/aromatic N) is 1. The molecule has 150 valence electrons. The third kappa shape index (κ3) is 4.72. The molecule has 4 rings (SSSR count). The number of allylic oxidation sites excluding steroid dienone is 4. The van der Waals surface area contributed by atoms with Crippen molar-refractivity contribution in [3.8, 4) is 0 Å². The van der Waals surface area contributed by atoms with Gasteiger partial charge in [-0.15, -0.1) is 0 Å². The van der Waals surface area contributed by atoms with Gasteiger partial charge in [0, 0.05) is 18.8 Å². The molecular weight excluding hydrogens is 350 g/mol. The van der Waals surface area contributed by atoms with Crippen LogP contribution in [0.1, 0.15) is 55.6 Å². The number of hydrogen-bond acceptors (Lipinski definition) is 1. The van der Waals surface area contributed by atoms with Gasteiger partial charge in [0.1, 0.15) is 0 Å². The molecule has 2 fully saturated rings. The molecule has 1 aliphatic heterocycles. The molecule has 0 unspecified atom stereocenters. The summed E-state index contributed by atoms with van der Waals surface area (Å²) in [6, 6.07) is 21.8. The van der Waals surface area contributed by atoms with Crippen molar-refractivity contribution in [3.05, 3.63) is 107 Å². The Morgan fingerprint density at radius 3 is 2.03 bits per heavy atom. The Morgan fingerprint density at radius 1 is 0.828 bits per heavy atom. The van der Waals surface area contributed by atoms with Gasteiger partial charge in [-0.1, -0.05) is 73.8 Å². The highest BCUT2D eigenvalue weighted by atomic mass is 15.1. The maximum Gasteiger partial charge on any atom is 0.0211 e. The van der Waals surface area contributed by atoms with Gasteiger partial charge in [0.2, 0.25) is 0 Å². The second-order valence-electron chi connectivity index (χ2n) is 8.58. The minimum atomic E-state index is 0.518. The predicted molar refractivity (Wildman–Crippen MR) is 124 cm³/mol. The van der Waals surface area contributed by atoms with Crippen LogP contribution < -0.4 is 0 Å². The molecule has 0 N–H and O–H groups in total. The van der Waals surface area contributed by atoms with E-state index in [2.05, 4.69) is 78.7 Å². The summed E-state index contributed by atoms with van der Waals surface area (Å²) in [5.74, 6) is 0.518. The van der Waals surface area contributed by atoms with Crippen molar-refractivity contribution >= 4 is 0 Å². The fourth-order valence-corrected chi connectivity index (χ4v) is 5.02. The molecule has 1 heteroatoms. The van der Waals surface area contributed by atoms with Gasteiger partial charge in [0.05, 0.1) is 0 Å². The average Bonchev–Trinajstić information content (AvgIpc) is 3.28. The largest absolute Gasteiger partial charge is 0.374 e. The molecule has 1 nitrogen and oxygen atoms in total. The number of likely N-dealkylation sites (tertiary alicyclic amines) is 1. The Hall–Kier alpha value is -2.54. The molecule has 2 aromatic rings. The first-order valence-electron chi connectivity index (χ1n) is 11.2. The molecule has 1 saturated heterocycles. The summed E-state index contributed by atoms with van der Waals surface area (Å²) in [4.78, 5) is 2.62. The molecule has 29 heavy (non-hydrogen) atoms. The zero-order valence-electron chi connectivity index (χ0n) is 17.6. The summed E-state index contributed by atoms with van der Waals surface area (Å²) in [5.41, 5.74) is 8.34. The summed E-state index contributed by atoms with van der Waals surface area (Å²) in [5, 5.41) is 0. The molecule has 0 aromatic heterocycles. The third-order valence-corrected chi connectivity index (χ3v) is 6.46. The van der Waals surface area contributed by atoms with E-state index in [0.717, 1.165) is 25.7 Å². The molecule has 1 aliphatic carbocycles. The minimum Gasteiger partial charge on any atom is -0.374 e. The normalized spacial score (nSPS) is 19.7.